The molecule has 2 aromatic heterocycles. The van der Waals surface area contributed by atoms with E-state index in [0.29, 0.717) is 50.4 Å². The summed E-state index contributed by atoms with van der Waals surface area (Å²) in [7, 11) is -3.59. The van der Waals surface area contributed by atoms with Crippen molar-refractivity contribution in [3.63, 3.8) is 0 Å². The van der Waals surface area contributed by atoms with Crippen molar-refractivity contribution in [2.45, 2.75) is 9.79 Å². The fourth-order valence-electron chi connectivity index (χ4n) is 4.42. The van der Waals surface area contributed by atoms with Gasteiger partial charge in [-0.2, -0.15) is 5.10 Å². The van der Waals surface area contributed by atoms with Gasteiger partial charge in [0, 0.05) is 22.8 Å². The third-order valence-corrected chi connectivity index (χ3v) is 7.64. The van der Waals surface area contributed by atoms with Crippen LogP contribution in [0.1, 0.15) is 0 Å². The first-order valence-corrected chi connectivity index (χ1v) is 11.4. The van der Waals surface area contributed by atoms with E-state index in [4.69, 9.17) is 9.47 Å². The zero-order chi connectivity index (χ0) is 21.4. The maximum atomic E-state index is 13.2. The first-order valence-electron chi connectivity index (χ1n) is 9.92. The van der Waals surface area contributed by atoms with Crippen LogP contribution in [0.15, 0.2) is 88.9 Å². The van der Waals surface area contributed by atoms with Crippen molar-refractivity contribution in [2.75, 3.05) is 0 Å². The van der Waals surface area contributed by atoms with Gasteiger partial charge in [0.25, 0.3) is 0 Å². The summed E-state index contributed by atoms with van der Waals surface area (Å²) in [5.41, 5.74) is 3.18. The highest BCUT2D eigenvalue weighted by atomic mass is 32.2. The summed E-state index contributed by atoms with van der Waals surface area (Å²) < 4.78 is 40.2. The summed E-state index contributed by atoms with van der Waals surface area (Å²) in [6, 6.07) is 21.5. The van der Waals surface area contributed by atoms with E-state index in [1.165, 1.54) is 6.33 Å². The van der Waals surface area contributed by atoms with Crippen LogP contribution in [0.4, 0.5) is 0 Å². The Kier molecular flexibility index (Phi) is 3.26. The molecule has 7 nitrogen and oxygen atoms in total. The third kappa shape index (κ3) is 2.16. The molecule has 0 amide bonds. The molecule has 7 rings (SSSR count). The van der Waals surface area contributed by atoms with E-state index in [9.17, 15) is 8.42 Å². The molecule has 0 saturated carbocycles. The number of rotatable bonds is 1. The molecule has 2 aliphatic heterocycles. The van der Waals surface area contributed by atoms with Crippen molar-refractivity contribution in [2.24, 2.45) is 0 Å². The Morgan fingerprint density at radius 2 is 1.47 bits per heavy atom. The molecule has 0 aliphatic carbocycles. The molecule has 0 spiro atoms. The van der Waals surface area contributed by atoms with Gasteiger partial charge in [-0.1, -0.05) is 42.5 Å². The summed E-state index contributed by atoms with van der Waals surface area (Å²) in [6.45, 7) is 0. The fraction of sp³-hybridized carbons (Fsp3) is 0. The molecule has 3 aromatic carbocycles. The quantitative estimate of drug-likeness (QED) is 0.354. The molecule has 0 saturated heterocycles. The van der Waals surface area contributed by atoms with E-state index in [2.05, 4.69) is 10.1 Å². The Balaban J connectivity index is 1.54. The van der Waals surface area contributed by atoms with Crippen LogP contribution in [0.2, 0.25) is 0 Å². The van der Waals surface area contributed by atoms with E-state index < -0.39 is 9.84 Å². The Morgan fingerprint density at radius 1 is 0.750 bits per heavy atom. The van der Waals surface area contributed by atoms with Crippen LogP contribution in [0.3, 0.4) is 0 Å². The van der Waals surface area contributed by atoms with Crippen LogP contribution in [-0.4, -0.2) is 23.0 Å². The zero-order valence-electron chi connectivity index (χ0n) is 16.4. The lowest BCUT2D eigenvalue weighted by Gasteiger charge is -2.22. The van der Waals surface area contributed by atoms with Gasteiger partial charge < -0.3 is 9.47 Å². The van der Waals surface area contributed by atoms with E-state index in [1.807, 2.05) is 48.5 Å². The average molecular weight is 439 g/mol. The lowest BCUT2D eigenvalue weighted by molar-refractivity contribution is 0.360. The molecule has 4 heterocycles. The molecule has 154 valence electrons. The van der Waals surface area contributed by atoms with Gasteiger partial charge >= 0.3 is 0 Å². The smallest absolute Gasteiger partial charge is 0.214 e. The van der Waals surface area contributed by atoms with Gasteiger partial charge in [-0.3, -0.25) is 0 Å². The molecule has 0 unspecified atom stereocenters. The van der Waals surface area contributed by atoms with Gasteiger partial charge in [0.05, 0.1) is 15.5 Å². The fourth-order valence-corrected chi connectivity index (χ4v) is 6.12. The Labute approximate surface area is 182 Å². The normalized spacial score (nSPS) is 14.6. The highest BCUT2D eigenvalue weighted by Gasteiger charge is 2.35. The van der Waals surface area contributed by atoms with Crippen molar-refractivity contribution >= 4 is 15.5 Å². The molecule has 0 N–H and O–H groups in total. The first kappa shape index (κ1) is 17.5. The second-order valence-corrected chi connectivity index (χ2v) is 9.43. The van der Waals surface area contributed by atoms with Gasteiger partial charge in [-0.15, -0.1) is 0 Å². The molecule has 5 aromatic rings. The minimum absolute atomic E-state index is 0.282. The van der Waals surface area contributed by atoms with Gasteiger partial charge in [0.1, 0.15) is 6.33 Å². The summed E-state index contributed by atoms with van der Waals surface area (Å²) in [6.07, 6.45) is 1.44. The Morgan fingerprint density at radius 3 is 2.34 bits per heavy atom. The number of para-hydroxylation sites is 2. The van der Waals surface area contributed by atoms with Crippen LogP contribution in [0.25, 0.3) is 28.0 Å². The molecular weight excluding hydrogens is 426 g/mol. The minimum Gasteiger partial charge on any atom is -0.449 e. The van der Waals surface area contributed by atoms with Gasteiger partial charge in [-0.05, 0) is 24.3 Å². The summed E-state index contributed by atoms with van der Waals surface area (Å²) in [4.78, 5) is 4.98. The summed E-state index contributed by atoms with van der Waals surface area (Å²) in [5, 5.41) is 4.40. The molecule has 32 heavy (non-hydrogen) atoms. The second-order valence-electron chi connectivity index (χ2n) is 7.55. The Bertz CT molecular complexity index is 1710. The zero-order valence-corrected chi connectivity index (χ0v) is 17.2. The summed E-state index contributed by atoms with van der Waals surface area (Å²) >= 11 is 0. The standard InChI is InChI=1S/C24H13N3O4S/c28-32(29)20-10-4-1-6-15(20)22-14(7-5-11-21(22)32)16-12-19-23(24-25-13-26-27(16)24)31-18-9-3-2-8-17(18)30-19/h1-13H. The van der Waals surface area contributed by atoms with E-state index in [0.717, 1.165) is 5.56 Å². The summed E-state index contributed by atoms with van der Waals surface area (Å²) in [5.74, 6) is 2.15. The Hall–Kier alpha value is -4.17. The number of fused-ring (bicyclic) bond motifs is 7. The number of pyridine rings is 1. The number of nitrogens with zero attached hydrogens (tertiary/aromatic N) is 3. The largest absolute Gasteiger partial charge is 0.449 e. The van der Waals surface area contributed by atoms with Crippen molar-refractivity contribution in [1.82, 2.24) is 14.6 Å². The molecule has 0 fully saturated rings. The van der Waals surface area contributed by atoms with Crippen molar-refractivity contribution in [3.8, 4) is 45.4 Å². The molecule has 0 bridgehead atoms. The van der Waals surface area contributed by atoms with Crippen molar-refractivity contribution in [3.05, 3.63) is 79.1 Å². The van der Waals surface area contributed by atoms with Crippen molar-refractivity contribution in [1.29, 1.82) is 0 Å². The number of hydrogen-bond acceptors (Lipinski definition) is 6. The molecule has 8 heteroatoms. The second kappa shape index (κ2) is 5.95. The molecular formula is C24H13N3O4S. The van der Waals surface area contributed by atoms with Gasteiger partial charge in [-0.25, -0.2) is 17.9 Å². The number of hydrogen-bond donors (Lipinski definition) is 0. The number of aromatic nitrogens is 3. The maximum absolute atomic E-state index is 13.2. The van der Waals surface area contributed by atoms with Crippen LogP contribution in [0.5, 0.6) is 23.0 Å². The van der Waals surface area contributed by atoms with Gasteiger partial charge in [0.15, 0.2) is 17.2 Å². The first-order chi connectivity index (χ1) is 15.6. The number of ether oxygens (including phenoxy) is 2. The molecule has 0 atom stereocenters. The lowest BCUT2D eigenvalue weighted by atomic mass is 9.97. The van der Waals surface area contributed by atoms with E-state index in [-0.39, 0.29) is 4.90 Å². The highest BCUT2D eigenvalue weighted by molar-refractivity contribution is 7.92. The SMILES string of the molecule is O=S1(=O)c2ccccc2-c2c(-c3cc4c(c5ncnn35)Oc3ccccc3O4)cccc21. The van der Waals surface area contributed by atoms with E-state index >= 15 is 0 Å². The topological polar surface area (TPSA) is 82.8 Å². The molecule has 0 radical (unpaired) electrons. The minimum atomic E-state index is -3.59. The lowest BCUT2D eigenvalue weighted by Crippen LogP contribution is -2.04. The van der Waals surface area contributed by atoms with Crippen LogP contribution in [0, 0.1) is 0 Å². The predicted molar refractivity (Wildman–Crippen MR) is 116 cm³/mol. The number of benzene rings is 3. The average Bonchev–Trinajstić information content (AvgIpc) is 3.40. The van der Waals surface area contributed by atoms with Crippen LogP contribution in [-0.2, 0) is 9.84 Å². The monoisotopic (exact) mass is 439 g/mol. The van der Waals surface area contributed by atoms with Crippen LogP contribution < -0.4 is 9.47 Å². The van der Waals surface area contributed by atoms with Crippen molar-refractivity contribution < 1.29 is 17.9 Å². The molecule has 2 aliphatic rings. The van der Waals surface area contributed by atoms with E-state index in [1.54, 1.807) is 28.8 Å². The predicted octanol–water partition coefficient (Wildman–Crippen LogP) is 5.11. The third-order valence-electron chi connectivity index (χ3n) is 5.79. The van der Waals surface area contributed by atoms with Crippen LogP contribution >= 0.6 is 0 Å². The number of sulfone groups is 1. The highest BCUT2D eigenvalue weighted by Crippen LogP contribution is 2.51. The van der Waals surface area contributed by atoms with Gasteiger partial charge in [0.2, 0.25) is 21.2 Å². The maximum Gasteiger partial charge on any atom is 0.214 e.